The van der Waals surface area contributed by atoms with Gasteiger partial charge in [-0.05, 0) is 4.93 Å². The molecular weight excluding hydrogens is 324 g/mol. The van der Waals surface area contributed by atoms with Crippen LogP contribution in [0.3, 0.4) is 0 Å². The molecule has 0 saturated heterocycles. The van der Waals surface area contributed by atoms with Gasteiger partial charge in [-0.1, -0.05) is 22.6 Å². The summed E-state index contributed by atoms with van der Waals surface area (Å²) in [6.45, 7) is 0. The van der Waals surface area contributed by atoms with Crippen LogP contribution in [0, 0.1) is 0 Å². The number of nitrogens with two attached hydrogens (primary N) is 1. The normalized spacial score (nSPS) is 11.3. The van der Waals surface area contributed by atoms with E-state index in [1.54, 1.807) is 0 Å². The van der Waals surface area contributed by atoms with Crippen LogP contribution in [0.15, 0.2) is 0 Å². The van der Waals surface area contributed by atoms with E-state index >= 15 is 0 Å². The number of rotatable bonds is 4. The van der Waals surface area contributed by atoms with Crippen LogP contribution in [-0.2, 0) is 4.79 Å². The van der Waals surface area contributed by atoms with Gasteiger partial charge in [0.2, 0.25) is 0 Å². The van der Waals surface area contributed by atoms with Gasteiger partial charge in [-0.2, -0.15) is 0 Å². The second kappa shape index (κ2) is 10.7. The van der Waals surface area contributed by atoms with Gasteiger partial charge in [0.05, 0.1) is 0 Å². The molecule has 1 unspecified atom stereocenters. The molecule has 0 aromatic carbocycles. The van der Waals surface area contributed by atoms with Crippen molar-refractivity contribution in [3.05, 3.63) is 0 Å². The van der Waals surface area contributed by atoms with Crippen molar-refractivity contribution in [2.75, 3.05) is 4.93 Å². The molecule has 3 N–H and O–H groups in total. The molecule has 0 aliphatic heterocycles. The zero-order valence-corrected chi connectivity index (χ0v) is 10.6. The molecule has 5 heteroatoms. The Labute approximate surface area is 87.4 Å². The molecule has 0 aliphatic rings. The van der Waals surface area contributed by atoms with Crippen molar-refractivity contribution < 1.29 is 9.90 Å². The van der Waals surface area contributed by atoms with E-state index in [-0.39, 0.29) is 0 Å². The summed E-state index contributed by atoms with van der Waals surface area (Å²) in [7, 11) is 0. The number of halogens is 1. The fourth-order valence-corrected chi connectivity index (χ4v) is 1.40. The molecule has 0 saturated carbocycles. The number of carboxylic acid groups (broad SMARTS) is 1. The van der Waals surface area contributed by atoms with Gasteiger partial charge in [-0.3, -0.25) is 0 Å². The van der Waals surface area contributed by atoms with Crippen molar-refractivity contribution in [1.29, 1.82) is 0 Å². The first kappa shape index (κ1) is 14.2. The number of carboxylic acids is 1. The zero-order valence-electron chi connectivity index (χ0n) is 6.71. The van der Waals surface area contributed by atoms with Crippen molar-refractivity contribution in [2.24, 2.45) is 5.73 Å². The maximum atomic E-state index is 10.1. The Morgan fingerprint density at radius 3 is 2.45 bits per heavy atom. The van der Waals surface area contributed by atoms with Crippen molar-refractivity contribution >= 4 is 43.5 Å². The van der Waals surface area contributed by atoms with E-state index in [4.69, 9.17) is 10.8 Å². The number of hydrogen-bond donors (Lipinski definition) is 2. The van der Waals surface area contributed by atoms with Crippen LogP contribution >= 0.6 is 22.6 Å². The topological polar surface area (TPSA) is 63.3 Å². The van der Waals surface area contributed by atoms with Crippen molar-refractivity contribution in [1.82, 2.24) is 0 Å². The van der Waals surface area contributed by atoms with E-state index < -0.39 is 12.0 Å². The fraction of sp³-hybridized carbons (Fsp3) is 0.833. The minimum absolute atomic E-state index is 0.549. The third kappa shape index (κ3) is 10.7. The molecule has 0 aromatic heterocycles. The average molecular weight is 338 g/mol. The molecule has 11 heavy (non-hydrogen) atoms. The van der Waals surface area contributed by atoms with E-state index in [1.807, 2.05) is 4.93 Å². The standard InChI is InChI=1S/C5H11NO2Se.CH3I/c1-9-3-2-4(6)5(7)8;1-2/h4H,2-3,6H2,1H3,(H,7,8);1H3. The summed E-state index contributed by atoms with van der Waals surface area (Å²) in [5.41, 5.74) is 5.21. The van der Waals surface area contributed by atoms with Crippen LogP contribution < -0.4 is 5.73 Å². The Morgan fingerprint density at radius 2 is 2.18 bits per heavy atom. The minimum atomic E-state index is -0.890. The summed E-state index contributed by atoms with van der Waals surface area (Å²) in [5.74, 6) is 1.18. The summed E-state index contributed by atoms with van der Waals surface area (Å²) >= 11 is 2.70. The fourth-order valence-electron chi connectivity index (χ4n) is 0.368. The van der Waals surface area contributed by atoms with Crippen molar-refractivity contribution in [3.8, 4) is 0 Å². The molecule has 1 atom stereocenters. The van der Waals surface area contributed by atoms with Gasteiger partial charge < -0.3 is 0 Å². The Balaban J connectivity index is 0. The summed E-state index contributed by atoms with van der Waals surface area (Å²) < 4.78 is 0. The monoisotopic (exact) mass is 339 g/mol. The second-order valence-electron chi connectivity index (χ2n) is 1.73. The predicted octanol–water partition coefficient (Wildman–Crippen LogP) is 1.01. The van der Waals surface area contributed by atoms with Gasteiger partial charge in [-0.15, -0.1) is 0 Å². The molecule has 0 aliphatic carbocycles. The Hall–Kier alpha value is 0.679. The van der Waals surface area contributed by atoms with Crippen LogP contribution in [0.25, 0.3) is 0 Å². The van der Waals surface area contributed by atoms with Gasteiger partial charge in [0.15, 0.2) is 0 Å². The van der Waals surface area contributed by atoms with E-state index in [2.05, 4.69) is 28.4 Å². The third-order valence-electron chi connectivity index (χ3n) is 0.950. The molecule has 68 valence electrons. The molecule has 0 amide bonds. The van der Waals surface area contributed by atoms with E-state index in [9.17, 15) is 4.79 Å². The summed E-state index contributed by atoms with van der Waals surface area (Å²) in [4.78, 5) is 12.1. The van der Waals surface area contributed by atoms with Gasteiger partial charge in [-0.25, -0.2) is 0 Å². The molecule has 0 rings (SSSR count). The Bertz CT molecular complexity index is 103. The van der Waals surface area contributed by atoms with Crippen molar-refractivity contribution in [3.63, 3.8) is 0 Å². The molecule has 0 aromatic rings. The molecule has 0 bridgehead atoms. The second-order valence-corrected chi connectivity index (χ2v) is 3.79. The predicted molar refractivity (Wildman–Crippen MR) is 56.6 cm³/mol. The third-order valence-corrected chi connectivity index (χ3v) is 2.30. The molecule has 0 heterocycles. The molecule has 0 fully saturated rings. The van der Waals surface area contributed by atoms with Crippen LogP contribution in [0.5, 0.6) is 0 Å². The van der Waals surface area contributed by atoms with Gasteiger partial charge in [0.25, 0.3) is 0 Å². The van der Waals surface area contributed by atoms with E-state index in [0.717, 1.165) is 5.32 Å². The SMILES string of the molecule is CI.C[Se]CCC(N)C(=O)O. The maximum absolute atomic E-state index is 10.1. The summed E-state index contributed by atoms with van der Waals surface area (Å²) in [6, 6.07) is -0.646. The number of carbonyl (C=O) groups is 1. The molecule has 0 radical (unpaired) electrons. The number of alkyl halides is 1. The number of aliphatic carboxylic acids is 1. The number of hydrogen-bond acceptors (Lipinski definition) is 2. The van der Waals surface area contributed by atoms with E-state index in [1.165, 1.54) is 0 Å². The summed E-state index contributed by atoms with van der Waals surface area (Å²) in [5, 5.41) is 9.25. The molecular formula is C6H14INO2Se. The average Bonchev–Trinajstić information content (AvgIpc) is 2.03. The first-order valence-corrected chi connectivity index (χ1v) is 8.11. The Morgan fingerprint density at radius 1 is 1.73 bits per heavy atom. The van der Waals surface area contributed by atoms with Crippen LogP contribution in [0.1, 0.15) is 6.42 Å². The zero-order chi connectivity index (χ0) is 9.28. The first-order chi connectivity index (χ1) is 5.18. The van der Waals surface area contributed by atoms with Gasteiger partial charge >= 0.3 is 60.2 Å². The van der Waals surface area contributed by atoms with Gasteiger partial charge in [0, 0.05) is 0 Å². The van der Waals surface area contributed by atoms with Crippen LogP contribution in [-0.4, -0.2) is 37.0 Å². The van der Waals surface area contributed by atoms with Crippen LogP contribution in [0.4, 0.5) is 0 Å². The molecule has 0 spiro atoms. The molecule has 3 nitrogen and oxygen atoms in total. The summed E-state index contributed by atoms with van der Waals surface area (Å²) in [6.07, 6.45) is 0.617. The van der Waals surface area contributed by atoms with Crippen molar-refractivity contribution in [2.45, 2.75) is 23.6 Å². The van der Waals surface area contributed by atoms with Gasteiger partial charge in [0.1, 0.15) is 0 Å². The Kier molecular flexibility index (Phi) is 13.8. The van der Waals surface area contributed by atoms with E-state index in [0.29, 0.717) is 21.4 Å². The van der Waals surface area contributed by atoms with Crippen LogP contribution in [0.2, 0.25) is 11.1 Å². The first-order valence-electron chi connectivity index (χ1n) is 3.03. The quantitative estimate of drug-likeness (QED) is 0.457.